The van der Waals surface area contributed by atoms with Gasteiger partial charge >= 0.3 is 0 Å². The summed E-state index contributed by atoms with van der Waals surface area (Å²) in [6.45, 7) is 2.40. The molecule has 2 N–H and O–H groups in total. The van der Waals surface area contributed by atoms with E-state index in [9.17, 15) is 4.39 Å². The minimum Gasteiger partial charge on any atom is -0.329 e. The molecular weight excluding hydrogens is 191 g/mol. The lowest BCUT2D eigenvalue weighted by molar-refractivity contribution is 0.247. The summed E-state index contributed by atoms with van der Waals surface area (Å²) in [5.41, 5.74) is 6.46. The zero-order valence-electron chi connectivity index (χ0n) is 8.82. The average molecular weight is 208 g/mol. The van der Waals surface area contributed by atoms with E-state index in [4.69, 9.17) is 5.73 Å². The van der Waals surface area contributed by atoms with E-state index in [2.05, 4.69) is 4.90 Å². The Labute approximate surface area is 89.9 Å². The van der Waals surface area contributed by atoms with Gasteiger partial charge < -0.3 is 5.73 Å². The van der Waals surface area contributed by atoms with Crippen molar-refractivity contribution in [3.05, 3.63) is 35.6 Å². The zero-order valence-corrected chi connectivity index (χ0v) is 8.82. The second-order valence-corrected chi connectivity index (χ2v) is 4.09. The summed E-state index contributed by atoms with van der Waals surface area (Å²) in [4.78, 5) is 2.28. The van der Waals surface area contributed by atoms with Crippen molar-refractivity contribution in [1.82, 2.24) is 4.90 Å². The van der Waals surface area contributed by atoms with Gasteiger partial charge in [0.05, 0.1) is 0 Å². The van der Waals surface area contributed by atoms with Crippen LogP contribution in [0.25, 0.3) is 0 Å². The van der Waals surface area contributed by atoms with Crippen LogP contribution >= 0.6 is 0 Å². The summed E-state index contributed by atoms with van der Waals surface area (Å²) in [7, 11) is 0. The molecule has 82 valence electrons. The number of halogens is 1. The molecule has 1 aromatic carbocycles. The Kier molecular flexibility index (Phi) is 3.34. The van der Waals surface area contributed by atoms with Gasteiger partial charge in [0.15, 0.2) is 0 Å². The molecule has 0 aromatic heterocycles. The highest BCUT2D eigenvalue weighted by Gasteiger charge is 2.23. The highest BCUT2D eigenvalue weighted by atomic mass is 19.1. The molecule has 0 bridgehead atoms. The average Bonchev–Trinajstić information content (AvgIpc) is 2.69. The third-order valence-electron chi connectivity index (χ3n) is 3.10. The fraction of sp³-hybridized carbons (Fsp3) is 0.500. The van der Waals surface area contributed by atoms with Crippen molar-refractivity contribution in [2.75, 3.05) is 13.1 Å². The van der Waals surface area contributed by atoms with E-state index in [0.717, 1.165) is 18.5 Å². The lowest BCUT2D eigenvalue weighted by Crippen LogP contribution is -2.35. The quantitative estimate of drug-likeness (QED) is 0.820. The summed E-state index contributed by atoms with van der Waals surface area (Å²) in [5.74, 6) is -0.111. The number of likely N-dealkylation sites (tertiary alicyclic amines) is 1. The molecule has 3 heteroatoms. The Balaban J connectivity index is 2.05. The highest BCUT2D eigenvalue weighted by molar-refractivity contribution is 5.17. The number of hydrogen-bond donors (Lipinski definition) is 1. The van der Waals surface area contributed by atoms with Gasteiger partial charge in [0, 0.05) is 24.7 Å². The van der Waals surface area contributed by atoms with Gasteiger partial charge in [0.1, 0.15) is 5.82 Å². The fourth-order valence-corrected chi connectivity index (χ4v) is 2.22. The molecular formula is C12H17FN2. The molecule has 15 heavy (non-hydrogen) atoms. The van der Waals surface area contributed by atoms with Crippen LogP contribution < -0.4 is 5.73 Å². The minimum absolute atomic E-state index is 0.111. The maximum absolute atomic E-state index is 13.4. The second kappa shape index (κ2) is 4.73. The molecule has 1 heterocycles. The monoisotopic (exact) mass is 208 g/mol. The van der Waals surface area contributed by atoms with E-state index in [1.165, 1.54) is 12.5 Å². The van der Waals surface area contributed by atoms with E-state index in [0.29, 0.717) is 19.1 Å². The van der Waals surface area contributed by atoms with Crippen molar-refractivity contribution in [1.29, 1.82) is 0 Å². The van der Waals surface area contributed by atoms with Crippen LogP contribution in [-0.2, 0) is 6.54 Å². The maximum atomic E-state index is 13.4. The zero-order chi connectivity index (χ0) is 10.7. The first kappa shape index (κ1) is 10.6. The molecule has 0 aliphatic carbocycles. The van der Waals surface area contributed by atoms with Crippen molar-refractivity contribution < 1.29 is 4.39 Å². The number of hydrogen-bond acceptors (Lipinski definition) is 2. The predicted octanol–water partition coefficient (Wildman–Crippen LogP) is 1.75. The summed E-state index contributed by atoms with van der Waals surface area (Å²) in [6.07, 6.45) is 2.32. The molecule has 2 nitrogen and oxygen atoms in total. The third kappa shape index (κ3) is 2.36. The van der Waals surface area contributed by atoms with Gasteiger partial charge in [0.25, 0.3) is 0 Å². The van der Waals surface area contributed by atoms with Crippen LogP contribution in [0.4, 0.5) is 4.39 Å². The maximum Gasteiger partial charge on any atom is 0.127 e. The minimum atomic E-state index is -0.111. The Morgan fingerprint density at radius 1 is 1.40 bits per heavy atom. The molecule has 1 unspecified atom stereocenters. The largest absolute Gasteiger partial charge is 0.329 e. The number of nitrogens with two attached hydrogens (primary N) is 1. The van der Waals surface area contributed by atoms with E-state index in [-0.39, 0.29) is 5.82 Å². The first-order chi connectivity index (χ1) is 7.31. The Morgan fingerprint density at radius 2 is 2.20 bits per heavy atom. The smallest absolute Gasteiger partial charge is 0.127 e. The van der Waals surface area contributed by atoms with Crippen LogP contribution in [0.1, 0.15) is 18.4 Å². The van der Waals surface area contributed by atoms with Crippen LogP contribution in [0.2, 0.25) is 0 Å². The van der Waals surface area contributed by atoms with Crippen molar-refractivity contribution in [2.45, 2.75) is 25.4 Å². The Morgan fingerprint density at radius 3 is 2.93 bits per heavy atom. The standard InChI is InChI=1S/C12H17FN2/c13-12-6-2-1-4-10(12)9-15-7-3-5-11(15)8-14/h1-2,4,6,11H,3,5,7-9,14H2. The molecule has 1 fully saturated rings. The van der Waals surface area contributed by atoms with Crippen LogP contribution in [0.3, 0.4) is 0 Å². The molecule has 2 rings (SSSR count). The normalized spacial score (nSPS) is 22.1. The molecule has 0 spiro atoms. The van der Waals surface area contributed by atoms with Crippen molar-refractivity contribution >= 4 is 0 Å². The van der Waals surface area contributed by atoms with E-state index >= 15 is 0 Å². The molecule has 1 aliphatic rings. The highest BCUT2D eigenvalue weighted by Crippen LogP contribution is 2.20. The third-order valence-corrected chi connectivity index (χ3v) is 3.10. The summed E-state index contributed by atoms with van der Waals surface area (Å²) in [5, 5.41) is 0. The van der Waals surface area contributed by atoms with Crippen LogP contribution in [0, 0.1) is 5.82 Å². The lowest BCUT2D eigenvalue weighted by Gasteiger charge is -2.23. The van der Waals surface area contributed by atoms with Crippen LogP contribution in [0.15, 0.2) is 24.3 Å². The number of rotatable bonds is 3. The van der Waals surface area contributed by atoms with Crippen molar-refractivity contribution in [3.8, 4) is 0 Å². The van der Waals surface area contributed by atoms with E-state index in [1.807, 2.05) is 12.1 Å². The van der Waals surface area contributed by atoms with Gasteiger partial charge in [-0.05, 0) is 25.5 Å². The van der Waals surface area contributed by atoms with Crippen LogP contribution in [0.5, 0.6) is 0 Å². The summed E-state index contributed by atoms with van der Waals surface area (Å²) >= 11 is 0. The van der Waals surface area contributed by atoms with Gasteiger partial charge in [-0.1, -0.05) is 18.2 Å². The Bertz CT molecular complexity index is 327. The van der Waals surface area contributed by atoms with Gasteiger partial charge in [-0.3, -0.25) is 4.90 Å². The van der Waals surface area contributed by atoms with Crippen molar-refractivity contribution in [3.63, 3.8) is 0 Å². The predicted molar refractivity (Wildman–Crippen MR) is 58.9 cm³/mol. The molecule has 0 amide bonds. The van der Waals surface area contributed by atoms with Crippen molar-refractivity contribution in [2.24, 2.45) is 5.73 Å². The van der Waals surface area contributed by atoms with E-state index in [1.54, 1.807) is 6.07 Å². The fourth-order valence-electron chi connectivity index (χ4n) is 2.22. The lowest BCUT2D eigenvalue weighted by atomic mass is 10.1. The Hall–Kier alpha value is -0.930. The van der Waals surface area contributed by atoms with Crippen LogP contribution in [-0.4, -0.2) is 24.0 Å². The molecule has 0 radical (unpaired) electrons. The topological polar surface area (TPSA) is 29.3 Å². The summed E-state index contributed by atoms with van der Waals surface area (Å²) in [6, 6.07) is 7.41. The molecule has 1 atom stereocenters. The van der Waals surface area contributed by atoms with Gasteiger partial charge in [-0.15, -0.1) is 0 Å². The first-order valence-electron chi connectivity index (χ1n) is 5.49. The van der Waals surface area contributed by atoms with Gasteiger partial charge in [-0.25, -0.2) is 4.39 Å². The second-order valence-electron chi connectivity index (χ2n) is 4.09. The number of benzene rings is 1. The SMILES string of the molecule is NCC1CCCN1Cc1ccccc1F. The van der Waals surface area contributed by atoms with Gasteiger partial charge in [-0.2, -0.15) is 0 Å². The molecule has 1 aromatic rings. The van der Waals surface area contributed by atoms with Gasteiger partial charge in [0.2, 0.25) is 0 Å². The number of nitrogens with zero attached hydrogens (tertiary/aromatic N) is 1. The summed E-state index contributed by atoms with van der Waals surface area (Å²) < 4.78 is 13.4. The molecule has 0 saturated carbocycles. The molecule has 1 saturated heterocycles. The van der Waals surface area contributed by atoms with E-state index < -0.39 is 0 Å². The first-order valence-corrected chi connectivity index (χ1v) is 5.49. The molecule has 1 aliphatic heterocycles.